The molecule has 1 aliphatic rings. The van der Waals surface area contributed by atoms with Gasteiger partial charge < -0.3 is 10.6 Å². The van der Waals surface area contributed by atoms with E-state index in [2.05, 4.69) is 34.4 Å². The summed E-state index contributed by atoms with van der Waals surface area (Å²) >= 11 is 0. The van der Waals surface area contributed by atoms with Crippen molar-refractivity contribution in [2.75, 3.05) is 11.9 Å². The van der Waals surface area contributed by atoms with Crippen LogP contribution in [0.4, 0.5) is 29.2 Å². The lowest BCUT2D eigenvalue weighted by Gasteiger charge is -2.34. The first kappa shape index (κ1) is 23.0. The molecular weight excluding hydrogens is 464 g/mol. The maximum absolute atomic E-state index is 13.5. The molecule has 0 saturated heterocycles. The number of alkyl halides is 3. The average molecular weight is 486 g/mol. The van der Waals surface area contributed by atoms with Gasteiger partial charge in [-0.1, -0.05) is 6.07 Å². The highest BCUT2D eigenvalue weighted by molar-refractivity contribution is 5.77. The summed E-state index contributed by atoms with van der Waals surface area (Å²) in [5.41, 5.74) is 2.15. The van der Waals surface area contributed by atoms with Gasteiger partial charge in [-0.2, -0.15) is 18.2 Å². The Morgan fingerprint density at radius 2 is 1.89 bits per heavy atom. The lowest BCUT2D eigenvalue weighted by atomic mass is 9.85. The van der Waals surface area contributed by atoms with Crippen molar-refractivity contribution in [1.82, 2.24) is 24.6 Å². The predicted molar refractivity (Wildman–Crippen MR) is 124 cm³/mol. The van der Waals surface area contributed by atoms with E-state index < -0.39 is 24.1 Å². The lowest BCUT2D eigenvalue weighted by molar-refractivity contribution is -0.144. The van der Waals surface area contributed by atoms with Gasteiger partial charge in [-0.15, -0.1) is 0 Å². The van der Waals surface area contributed by atoms with Crippen LogP contribution >= 0.6 is 0 Å². The molecule has 0 fully saturated rings. The maximum atomic E-state index is 13.5. The lowest BCUT2D eigenvalue weighted by Crippen LogP contribution is -2.42. The van der Waals surface area contributed by atoms with Gasteiger partial charge in [0.1, 0.15) is 17.7 Å². The van der Waals surface area contributed by atoms with Crippen molar-refractivity contribution in [1.29, 1.82) is 0 Å². The Hall–Kier alpha value is -3.73. The summed E-state index contributed by atoms with van der Waals surface area (Å²) < 4.78 is 54.9. The molecule has 4 aromatic rings. The molecule has 0 saturated carbocycles. The summed E-state index contributed by atoms with van der Waals surface area (Å²) in [5.74, 6) is -0.441. The van der Waals surface area contributed by atoms with E-state index in [4.69, 9.17) is 0 Å². The molecule has 0 bridgehead atoms. The van der Waals surface area contributed by atoms with E-state index in [-0.39, 0.29) is 28.2 Å². The quantitative estimate of drug-likeness (QED) is 0.418. The van der Waals surface area contributed by atoms with Gasteiger partial charge in [-0.3, -0.25) is 4.79 Å². The van der Waals surface area contributed by atoms with Crippen LogP contribution in [0.5, 0.6) is 0 Å². The van der Waals surface area contributed by atoms with Crippen LogP contribution in [-0.2, 0) is 18.5 Å². The molecule has 3 heterocycles. The van der Waals surface area contributed by atoms with Gasteiger partial charge in [0.2, 0.25) is 5.95 Å². The summed E-state index contributed by atoms with van der Waals surface area (Å²) in [4.78, 5) is 21.3. The fraction of sp³-hybridized carbons (Fsp3) is 0.292. The molecule has 2 aromatic carbocycles. The number of aromatic nitrogens is 4. The molecule has 7 nitrogen and oxygen atoms in total. The zero-order valence-electron chi connectivity index (χ0n) is 18.9. The summed E-state index contributed by atoms with van der Waals surface area (Å²) in [6.07, 6.45) is -2.61. The molecule has 5 rings (SSSR count). The summed E-state index contributed by atoms with van der Waals surface area (Å²) in [6.45, 7) is 3.52. The second-order valence-electron chi connectivity index (χ2n) is 9.00. The third kappa shape index (κ3) is 4.39. The van der Waals surface area contributed by atoms with Crippen molar-refractivity contribution >= 4 is 22.7 Å². The van der Waals surface area contributed by atoms with Gasteiger partial charge >= 0.3 is 6.18 Å². The molecule has 0 aliphatic carbocycles. The molecule has 0 amide bonds. The highest BCUT2D eigenvalue weighted by atomic mass is 19.4. The van der Waals surface area contributed by atoms with Gasteiger partial charge in [-0.25, -0.2) is 18.7 Å². The molecule has 0 atom stereocenters. The minimum absolute atomic E-state index is 0.0216. The van der Waals surface area contributed by atoms with E-state index >= 15 is 0 Å². The Kier molecular flexibility index (Phi) is 5.39. The van der Waals surface area contributed by atoms with Gasteiger partial charge in [0.25, 0.3) is 5.56 Å². The Balaban J connectivity index is 1.60. The topological polar surface area (TPSA) is 76.8 Å². The fourth-order valence-electron chi connectivity index (χ4n) is 4.47. The first-order valence-corrected chi connectivity index (χ1v) is 11.0. The normalized spacial score (nSPS) is 15.3. The zero-order valence-corrected chi connectivity index (χ0v) is 18.9. The number of halogens is 4. The largest absolute Gasteiger partial charge is 0.408 e. The average Bonchev–Trinajstić information content (AvgIpc) is 3.04. The molecule has 2 aromatic heterocycles. The van der Waals surface area contributed by atoms with Gasteiger partial charge in [0, 0.05) is 17.4 Å². The summed E-state index contributed by atoms with van der Waals surface area (Å²) in [5, 5.41) is 6.48. The summed E-state index contributed by atoms with van der Waals surface area (Å²) in [6, 6.07) is 10.7. The first-order valence-electron chi connectivity index (χ1n) is 11.0. The van der Waals surface area contributed by atoms with Crippen LogP contribution in [0.1, 0.15) is 25.0 Å². The maximum Gasteiger partial charge on any atom is 0.408 e. The van der Waals surface area contributed by atoms with Crippen LogP contribution in [0.25, 0.3) is 16.7 Å². The van der Waals surface area contributed by atoms with Crippen molar-refractivity contribution in [3.8, 4) is 5.69 Å². The van der Waals surface area contributed by atoms with E-state index in [1.807, 2.05) is 18.2 Å². The van der Waals surface area contributed by atoms with E-state index in [0.29, 0.717) is 10.4 Å². The molecule has 1 aliphatic heterocycles. The van der Waals surface area contributed by atoms with Crippen LogP contribution < -0.4 is 16.2 Å². The molecule has 35 heavy (non-hydrogen) atoms. The van der Waals surface area contributed by atoms with Crippen molar-refractivity contribution in [2.24, 2.45) is 0 Å². The Morgan fingerprint density at radius 1 is 1.14 bits per heavy atom. The van der Waals surface area contributed by atoms with E-state index in [0.717, 1.165) is 29.8 Å². The number of fused-ring (bicyclic) bond motifs is 2. The third-order valence-electron chi connectivity index (χ3n) is 6.07. The molecule has 11 heteroatoms. The molecular formula is C24H22F4N6O. The van der Waals surface area contributed by atoms with Crippen molar-refractivity contribution in [2.45, 2.75) is 38.5 Å². The van der Waals surface area contributed by atoms with E-state index in [9.17, 15) is 22.4 Å². The molecule has 2 N–H and O–H groups in total. The highest BCUT2D eigenvalue weighted by Gasteiger charge is 2.32. The number of rotatable bonds is 4. The number of hydrogen-bond donors (Lipinski definition) is 2. The monoisotopic (exact) mass is 486 g/mol. The van der Waals surface area contributed by atoms with Crippen molar-refractivity contribution < 1.29 is 17.6 Å². The number of nitrogens with one attached hydrogen (secondary N) is 2. The fourth-order valence-corrected chi connectivity index (χ4v) is 4.47. The van der Waals surface area contributed by atoms with E-state index in [1.165, 1.54) is 29.5 Å². The Labute approximate surface area is 197 Å². The molecule has 182 valence electrons. The first-order chi connectivity index (χ1) is 16.5. The SMILES string of the molecule is CC1(C)NCCc2cc(Nc3ncc4c(=O)n(CC(F)(F)F)n(-c5ccc(F)cc5)c4n3)ccc21. The molecule has 0 spiro atoms. The number of anilines is 2. The highest BCUT2D eigenvalue weighted by Crippen LogP contribution is 2.31. The van der Waals surface area contributed by atoms with Crippen LogP contribution in [0.2, 0.25) is 0 Å². The van der Waals surface area contributed by atoms with Gasteiger partial charge in [-0.05, 0) is 74.3 Å². The second kappa shape index (κ2) is 8.19. The predicted octanol–water partition coefficient (Wildman–Crippen LogP) is 4.41. The summed E-state index contributed by atoms with van der Waals surface area (Å²) in [7, 11) is 0. The van der Waals surface area contributed by atoms with Gasteiger partial charge in [0.15, 0.2) is 5.65 Å². The standard InChI is InChI=1S/C24H22F4N6O/c1-23(2)19-8-5-16(11-14(19)9-10-30-23)31-22-29-12-18-20(32-22)34(17-6-3-15(25)4-7-17)33(21(18)35)13-24(26,27)28/h3-8,11-12,30H,9-10,13H2,1-2H3,(H,29,31,32). The van der Waals surface area contributed by atoms with Crippen LogP contribution in [0.3, 0.4) is 0 Å². The smallest absolute Gasteiger partial charge is 0.324 e. The minimum Gasteiger partial charge on any atom is -0.324 e. The molecule has 0 unspecified atom stereocenters. The third-order valence-corrected chi connectivity index (χ3v) is 6.07. The van der Waals surface area contributed by atoms with Crippen molar-refractivity contribution in [3.63, 3.8) is 0 Å². The van der Waals surface area contributed by atoms with Crippen molar-refractivity contribution in [3.05, 3.63) is 76.0 Å². The number of nitrogens with zero attached hydrogens (tertiary/aromatic N) is 4. The number of hydrogen-bond acceptors (Lipinski definition) is 5. The Morgan fingerprint density at radius 3 is 2.60 bits per heavy atom. The van der Waals surface area contributed by atoms with Gasteiger partial charge in [0.05, 0.1) is 5.69 Å². The zero-order chi connectivity index (χ0) is 25.0. The second-order valence-corrected chi connectivity index (χ2v) is 9.00. The molecule has 0 radical (unpaired) electrons. The van der Waals surface area contributed by atoms with Crippen LogP contribution in [0.15, 0.2) is 53.5 Å². The van der Waals surface area contributed by atoms with Crippen LogP contribution in [0, 0.1) is 5.82 Å². The Bertz CT molecular complexity index is 1470. The van der Waals surface area contributed by atoms with Crippen LogP contribution in [-0.4, -0.2) is 32.1 Å². The van der Waals surface area contributed by atoms with E-state index in [1.54, 1.807) is 0 Å². The number of benzene rings is 2. The minimum atomic E-state index is -4.66.